The van der Waals surface area contributed by atoms with E-state index in [0.29, 0.717) is 13.1 Å². The number of aliphatic imine (C=N–C) groups is 1. The van der Waals surface area contributed by atoms with Crippen molar-refractivity contribution >= 4 is 5.96 Å². The van der Waals surface area contributed by atoms with E-state index in [1.165, 1.54) is 0 Å². The average Bonchev–Trinajstić information content (AvgIpc) is 2.48. The first-order valence-corrected chi connectivity index (χ1v) is 6.22. The van der Waals surface area contributed by atoms with Gasteiger partial charge in [-0.15, -0.1) is 6.42 Å². The maximum atomic E-state index is 5.38. The summed E-state index contributed by atoms with van der Waals surface area (Å²) in [6.07, 6.45) is 5.24. The van der Waals surface area contributed by atoms with Gasteiger partial charge in [-0.1, -0.05) is 5.92 Å². The quantitative estimate of drug-likeness (QED) is 0.500. The molecule has 0 unspecified atom stereocenters. The molecule has 20 heavy (non-hydrogen) atoms. The summed E-state index contributed by atoms with van der Waals surface area (Å²) in [5.74, 6) is 4.81. The molecule has 0 aromatic heterocycles. The third kappa shape index (κ3) is 4.09. The fraction of sp³-hybridized carbons (Fsp3) is 0.400. The van der Waals surface area contributed by atoms with E-state index in [0.717, 1.165) is 23.0 Å². The lowest BCUT2D eigenvalue weighted by Gasteiger charge is -2.22. The van der Waals surface area contributed by atoms with E-state index in [2.05, 4.69) is 16.2 Å². The Balaban J connectivity index is 2.84. The van der Waals surface area contributed by atoms with Crippen molar-refractivity contribution in [3.63, 3.8) is 0 Å². The molecular weight excluding hydrogens is 254 g/mol. The van der Waals surface area contributed by atoms with Crippen LogP contribution in [0.2, 0.25) is 0 Å². The zero-order chi connectivity index (χ0) is 15.0. The van der Waals surface area contributed by atoms with Crippen LogP contribution in [0.5, 0.6) is 11.5 Å². The number of nitrogens with one attached hydrogen (secondary N) is 1. The summed E-state index contributed by atoms with van der Waals surface area (Å²) in [6.45, 7) is 1.09. The van der Waals surface area contributed by atoms with E-state index in [1.807, 2.05) is 30.1 Å². The van der Waals surface area contributed by atoms with Crippen LogP contribution in [0.4, 0.5) is 0 Å². The molecule has 0 radical (unpaired) electrons. The van der Waals surface area contributed by atoms with Gasteiger partial charge in [0.2, 0.25) is 0 Å². The molecule has 1 rings (SSSR count). The molecule has 1 aromatic rings. The molecule has 0 bridgehead atoms. The smallest absolute Gasteiger partial charge is 0.194 e. The number of hydrogen-bond acceptors (Lipinski definition) is 3. The van der Waals surface area contributed by atoms with Gasteiger partial charge in [0.15, 0.2) is 5.96 Å². The van der Waals surface area contributed by atoms with Crippen LogP contribution in [-0.2, 0) is 6.54 Å². The van der Waals surface area contributed by atoms with Crippen molar-refractivity contribution in [2.45, 2.75) is 6.54 Å². The van der Waals surface area contributed by atoms with Crippen molar-refractivity contribution in [3.05, 3.63) is 23.8 Å². The molecule has 0 atom stereocenters. The first kappa shape index (κ1) is 15.7. The van der Waals surface area contributed by atoms with E-state index in [4.69, 9.17) is 15.9 Å². The number of ether oxygens (including phenoxy) is 2. The van der Waals surface area contributed by atoms with Gasteiger partial charge in [-0.25, -0.2) is 0 Å². The minimum Gasteiger partial charge on any atom is -0.497 e. The first-order chi connectivity index (χ1) is 9.65. The monoisotopic (exact) mass is 275 g/mol. The van der Waals surface area contributed by atoms with E-state index >= 15 is 0 Å². The van der Waals surface area contributed by atoms with Crippen LogP contribution >= 0.6 is 0 Å². The van der Waals surface area contributed by atoms with E-state index < -0.39 is 0 Å². The Morgan fingerprint density at radius 2 is 2.15 bits per heavy atom. The number of benzene rings is 1. The topological polar surface area (TPSA) is 46.1 Å². The van der Waals surface area contributed by atoms with Crippen LogP contribution in [0, 0.1) is 12.3 Å². The molecular formula is C15H21N3O2. The molecule has 1 N–H and O–H groups in total. The molecule has 1 aromatic carbocycles. The zero-order valence-corrected chi connectivity index (χ0v) is 12.4. The molecule has 0 aliphatic carbocycles. The zero-order valence-electron chi connectivity index (χ0n) is 12.4. The lowest BCUT2D eigenvalue weighted by Crippen LogP contribution is -2.38. The Morgan fingerprint density at radius 3 is 2.70 bits per heavy atom. The molecule has 0 aliphatic rings. The molecule has 0 aliphatic heterocycles. The largest absolute Gasteiger partial charge is 0.497 e. The van der Waals surface area contributed by atoms with Crippen LogP contribution in [0.1, 0.15) is 5.56 Å². The van der Waals surface area contributed by atoms with E-state index in [1.54, 1.807) is 21.3 Å². The summed E-state index contributed by atoms with van der Waals surface area (Å²) < 4.78 is 10.6. The summed E-state index contributed by atoms with van der Waals surface area (Å²) in [5.41, 5.74) is 1.04. The lowest BCUT2D eigenvalue weighted by molar-refractivity contribution is 0.383. The molecule has 5 heteroatoms. The van der Waals surface area contributed by atoms with Crippen LogP contribution in [0.25, 0.3) is 0 Å². The number of terminal acetylenes is 1. The maximum absolute atomic E-state index is 5.38. The first-order valence-electron chi connectivity index (χ1n) is 6.22. The maximum Gasteiger partial charge on any atom is 0.194 e. The van der Waals surface area contributed by atoms with Crippen LogP contribution in [0.15, 0.2) is 23.2 Å². The molecule has 0 fully saturated rings. The number of nitrogens with zero attached hydrogens (tertiary/aromatic N) is 2. The molecule has 0 saturated carbocycles. The highest BCUT2D eigenvalue weighted by Crippen LogP contribution is 2.25. The second kappa shape index (κ2) is 7.95. The van der Waals surface area contributed by atoms with Gasteiger partial charge in [0.1, 0.15) is 11.5 Å². The third-order valence-electron chi connectivity index (χ3n) is 2.82. The van der Waals surface area contributed by atoms with Crippen molar-refractivity contribution in [3.8, 4) is 23.8 Å². The molecule has 0 heterocycles. The minimum atomic E-state index is 0.441. The van der Waals surface area contributed by atoms with Gasteiger partial charge in [-0.2, -0.15) is 0 Å². The van der Waals surface area contributed by atoms with Crippen molar-refractivity contribution in [2.24, 2.45) is 4.99 Å². The fourth-order valence-corrected chi connectivity index (χ4v) is 1.83. The molecule has 5 nitrogen and oxygen atoms in total. The van der Waals surface area contributed by atoms with Crippen molar-refractivity contribution in [2.75, 3.05) is 34.9 Å². The number of guanidine groups is 1. The highest BCUT2D eigenvalue weighted by Gasteiger charge is 2.10. The standard InChI is InChI=1S/C15H21N3O2/c1-6-9-17-15(16-2)18(3)11-12-7-8-13(19-4)10-14(12)20-5/h1,7-8,10H,9,11H2,2-5H3,(H,16,17). The Kier molecular flexibility index (Phi) is 6.24. The normalized spacial score (nSPS) is 10.7. The Morgan fingerprint density at radius 1 is 1.40 bits per heavy atom. The fourth-order valence-electron chi connectivity index (χ4n) is 1.83. The van der Waals surface area contributed by atoms with Gasteiger partial charge in [0.05, 0.1) is 20.8 Å². The Hall–Kier alpha value is -2.35. The lowest BCUT2D eigenvalue weighted by atomic mass is 10.2. The van der Waals surface area contributed by atoms with Gasteiger partial charge < -0.3 is 19.7 Å². The molecule has 0 saturated heterocycles. The highest BCUT2D eigenvalue weighted by atomic mass is 16.5. The van der Waals surface area contributed by atoms with Crippen LogP contribution in [-0.4, -0.2) is 45.7 Å². The van der Waals surface area contributed by atoms with Crippen LogP contribution in [0.3, 0.4) is 0 Å². The van der Waals surface area contributed by atoms with Gasteiger partial charge in [-0.3, -0.25) is 4.99 Å². The predicted molar refractivity (Wildman–Crippen MR) is 81.2 cm³/mol. The average molecular weight is 275 g/mol. The van der Waals surface area contributed by atoms with Crippen molar-refractivity contribution < 1.29 is 9.47 Å². The molecule has 0 spiro atoms. The third-order valence-corrected chi connectivity index (χ3v) is 2.82. The van der Waals surface area contributed by atoms with Gasteiger partial charge >= 0.3 is 0 Å². The summed E-state index contributed by atoms with van der Waals surface area (Å²) in [5, 5.41) is 3.07. The number of hydrogen-bond donors (Lipinski definition) is 1. The molecule has 108 valence electrons. The summed E-state index contributed by atoms with van der Waals surface area (Å²) >= 11 is 0. The van der Waals surface area contributed by atoms with Gasteiger partial charge in [0.25, 0.3) is 0 Å². The van der Waals surface area contributed by atoms with Gasteiger partial charge in [0, 0.05) is 32.3 Å². The number of rotatable bonds is 5. The summed E-state index contributed by atoms with van der Waals surface area (Å²) in [7, 11) is 6.94. The summed E-state index contributed by atoms with van der Waals surface area (Å²) in [6, 6.07) is 5.74. The highest BCUT2D eigenvalue weighted by molar-refractivity contribution is 5.79. The second-order valence-electron chi connectivity index (χ2n) is 4.14. The van der Waals surface area contributed by atoms with E-state index in [9.17, 15) is 0 Å². The summed E-state index contributed by atoms with van der Waals surface area (Å²) in [4.78, 5) is 6.16. The molecule has 0 amide bonds. The van der Waals surface area contributed by atoms with Crippen molar-refractivity contribution in [1.29, 1.82) is 0 Å². The SMILES string of the molecule is C#CCNC(=NC)N(C)Cc1ccc(OC)cc1OC. The predicted octanol–water partition coefficient (Wildman–Crippen LogP) is 1.34. The Bertz CT molecular complexity index is 506. The van der Waals surface area contributed by atoms with Crippen molar-refractivity contribution in [1.82, 2.24) is 10.2 Å². The number of methoxy groups -OCH3 is 2. The Labute approximate surface area is 120 Å². The van der Waals surface area contributed by atoms with Crippen LogP contribution < -0.4 is 14.8 Å². The second-order valence-corrected chi connectivity index (χ2v) is 4.14. The van der Waals surface area contributed by atoms with Gasteiger partial charge in [-0.05, 0) is 12.1 Å². The van der Waals surface area contributed by atoms with E-state index in [-0.39, 0.29) is 0 Å². The minimum absolute atomic E-state index is 0.441.